The van der Waals surface area contributed by atoms with E-state index in [0.717, 1.165) is 62.3 Å². The standard InChI is InChI=1S/C78H50BN5/c1-3-23-55(24-4-1)80-74-43-41-53(51-21-19-27-57(45-51)82-68-35-13-7-29-60(68)61-30-8-14-36-69(61)82)47-66(74)79-67-48-54(52-22-20-28-58(46-52)83-70-37-15-9-31-62(70)63-32-10-16-38-71(63)83)42-44-75(67)81(56-25-5-2-6-26-56)77-50-59(49-76(80)78(77)79)84-72-39-17-11-33-64(72)65-34-12-18-40-73(65)84/h1-50H. The van der Waals surface area contributed by atoms with E-state index in [0.29, 0.717) is 0 Å². The van der Waals surface area contributed by atoms with Gasteiger partial charge in [0, 0.05) is 77.8 Å². The van der Waals surface area contributed by atoms with E-state index in [4.69, 9.17) is 0 Å². The first-order valence-corrected chi connectivity index (χ1v) is 29.0. The highest BCUT2D eigenvalue weighted by atomic mass is 15.2. The van der Waals surface area contributed by atoms with Crippen molar-refractivity contribution in [2.45, 2.75) is 0 Å². The first-order valence-electron chi connectivity index (χ1n) is 29.0. The minimum Gasteiger partial charge on any atom is -0.311 e. The number of rotatable bonds is 7. The smallest absolute Gasteiger partial charge is 0.252 e. The molecule has 84 heavy (non-hydrogen) atoms. The zero-order valence-corrected chi connectivity index (χ0v) is 45.7. The van der Waals surface area contributed by atoms with Crippen LogP contribution in [-0.2, 0) is 0 Å². The van der Waals surface area contributed by atoms with E-state index in [-0.39, 0.29) is 6.71 Å². The van der Waals surface area contributed by atoms with Crippen molar-refractivity contribution in [3.8, 4) is 39.3 Å². The van der Waals surface area contributed by atoms with Gasteiger partial charge < -0.3 is 23.5 Å². The summed E-state index contributed by atoms with van der Waals surface area (Å²) in [5.74, 6) is 0. The van der Waals surface area contributed by atoms with Gasteiger partial charge in [0.1, 0.15) is 0 Å². The molecule has 0 saturated carbocycles. The van der Waals surface area contributed by atoms with Crippen molar-refractivity contribution in [3.63, 3.8) is 0 Å². The summed E-state index contributed by atoms with van der Waals surface area (Å²) in [6, 6.07) is 113. The SMILES string of the molecule is c1ccc(N2c3ccc(-c4cccc(-n5c6ccccc6c6ccccc65)c4)cc3B3c4cc(-c5cccc(-n6c7ccccc7c7ccccc76)c5)ccc4N(c4ccccc4)c4cc(-n5c6ccccc6c6ccccc65)cc2c43)cc1. The summed E-state index contributed by atoms with van der Waals surface area (Å²) < 4.78 is 7.33. The van der Waals surface area contributed by atoms with Gasteiger partial charge in [-0.25, -0.2) is 0 Å². The molecule has 390 valence electrons. The third-order valence-electron chi connectivity index (χ3n) is 18.0. The topological polar surface area (TPSA) is 21.3 Å². The van der Waals surface area contributed by atoms with Gasteiger partial charge in [-0.1, -0.05) is 194 Å². The number of nitrogens with zero attached hydrogens (tertiary/aromatic N) is 5. The Morgan fingerprint density at radius 2 is 0.500 bits per heavy atom. The monoisotopic (exact) mass is 1070 g/mol. The van der Waals surface area contributed by atoms with Gasteiger partial charge in [-0.15, -0.1) is 0 Å². The Labute approximate surface area is 486 Å². The number of hydrogen-bond acceptors (Lipinski definition) is 2. The van der Waals surface area contributed by atoms with Crippen molar-refractivity contribution < 1.29 is 0 Å². The van der Waals surface area contributed by atoms with Crippen molar-refractivity contribution in [3.05, 3.63) is 303 Å². The third kappa shape index (κ3) is 6.85. The molecule has 5 nitrogen and oxygen atoms in total. The molecule has 13 aromatic carbocycles. The third-order valence-corrected chi connectivity index (χ3v) is 18.0. The molecule has 5 heterocycles. The highest BCUT2D eigenvalue weighted by Gasteiger charge is 2.44. The second kappa shape index (κ2) is 18.2. The molecule has 0 amide bonds. The zero-order valence-electron chi connectivity index (χ0n) is 45.7. The fraction of sp³-hybridized carbons (Fsp3) is 0. The Bertz CT molecular complexity index is 4930. The lowest BCUT2D eigenvalue weighted by Gasteiger charge is -2.44. The van der Waals surface area contributed by atoms with E-state index in [2.05, 4.69) is 327 Å². The van der Waals surface area contributed by atoms with Crippen LogP contribution >= 0.6 is 0 Å². The number of para-hydroxylation sites is 8. The Morgan fingerprint density at radius 3 is 0.857 bits per heavy atom. The summed E-state index contributed by atoms with van der Waals surface area (Å²) in [4.78, 5) is 5.07. The summed E-state index contributed by atoms with van der Waals surface area (Å²) in [5, 5.41) is 7.48. The van der Waals surface area contributed by atoms with Gasteiger partial charge in [-0.3, -0.25) is 0 Å². The van der Waals surface area contributed by atoms with Crippen LogP contribution in [-0.4, -0.2) is 20.4 Å². The van der Waals surface area contributed by atoms with Crippen LogP contribution in [0, 0.1) is 0 Å². The molecule has 0 bridgehead atoms. The lowest BCUT2D eigenvalue weighted by Crippen LogP contribution is -2.61. The molecule has 18 rings (SSSR count). The van der Waals surface area contributed by atoms with Gasteiger partial charge >= 0.3 is 0 Å². The number of fused-ring (bicyclic) bond motifs is 13. The van der Waals surface area contributed by atoms with Gasteiger partial charge in [0.05, 0.1) is 38.8 Å². The predicted octanol–water partition coefficient (Wildman–Crippen LogP) is 18.4. The highest BCUT2D eigenvalue weighted by Crippen LogP contribution is 2.48. The Morgan fingerprint density at radius 1 is 0.202 bits per heavy atom. The Kier molecular flexibility index (Phi) is 10.1. The molecule has 0 spiro atoms. The maximum absolute atomic E-state index is 2.54. The maximum Gasteiger partial charge on any atom is 0.252 e. The summed E-state index contributed by atoms with van der Waals surface area (Å²) in [7, 11) is 0. The predicted molar refractivity (Wildman–Crippen MR) is 354 cm³/mol. The lowest BCUT2D eigenvalue weighted by atomic mass is 9.33. The quantitative estimate of drug-likeness (QED) is 0.148. The van der Waals surface area contributed by atoms with Crippen LogP contribution in [0.1, 0.15) is 0 Å². The van der Waals surface area contributed by atoms with Crippen molar-refractivity contribution >= 4 is 123 Å². The molecule has 0 aliphatic carbocycles. The molecule has 0 radical (unpaired) electrons. The molecule has 2 aliphatic heterocycles. The van der Waals surface area contributed by atoms with Crippen LogP contribution in [0.25, 0.3) is 105 Å². The van der Waals surface area contributed by atoms with Crippen molar-refractivity contribution in [2.75, 3.05) is 9.80 Å². The highest BCUT2D eigenvalue weighted by molar-refractivity contribution is 7.00. The minimum atomic E-state index is -0.159. The van der Waals surface area contributed by atoms with Crippen LogP contribution in [0.4, 0.5) is 34.1 Å². The summed E-state index contributed by atoms with van der Waals surface area (Å²) in [6.45, 7) is -0.159. The first-order chi connectivity index (χ1) is 41.7. The van der Waals surface area contributed by atoms with E-state index in [9.17, 15) is 0 Å². The molecule has 0 N–H and O–H groups in total. The van der Waals surface area contributed by atoms with Gasteiger partial charge in [0.25, 0.3) is 6.71 Å². The van der Waals surface area contributed by atoms with Crippen molar-refractivity contribution in [1.82, 2.24) is 13.7 Å². The van der Waals surface area contributed by atoms with E-state index in [1.807, 2.05) is 0 Å². The Hall–Kier alpha value is -11.1. The fourth-order valence-electron chi connectivity index (χ4n) is 14.4. The minimum absolute atomic E-state index is 0.159. The molecule has 0 saturated heterocycles. The van der Waals surface area contributed by atoms with Gasteiger partial charge in [-0.2, -0.15) is 0 Å². The number of anilines is 6. The van der Waals surface area contributed by atoms with Crippen LogP contribution < -0.4 is 26.2 Å². The van der Waals surface area contributed by atoms with Crippen LogP contribution in [0.15, 0.2) is 303 Å². The Balaban J connectivity index is 0.903. The molecule has 16 aromatic rings. The number of aromatic nitrogens is 3. The molecule has 3 aromatic heterocycles. The molecule has 0 unspecified atom stereocenters. The van der Waals surface area contributed by atoms with Gasteiger partial charge in [-0.05, 0) is 148 Å². The van der Waals surface area contributed by atoms with E-state index in [1.165, 1.54) is 92.9 Å². The molecule has 0 atom stereocenters. The van der Waals surface area contributed by atoms with Crippen LogP contribution in [0.5, 0.6) is 0 Å². The van der Waals surface area contributed by atoms with Gasteiger partial charge in [0.15, 0.2) is 0 Å². The largest absolute Gasteiger partial charge is 0.311 e. The molecule has 0 fully saturated rings. The summed E-state index contributed by atoms with van der Waals surface area (Å²) in [6.07, 6.45) is 0. The number of benzene rings is 13. The second-order valence-electron chi connectivity index (χ2n) is 22.4. The molecular formula is C78H50BN5. The summed E-state index contributed by atoms with van der Waals surface area (Å²) >= 11 is 0. The van der Waals surface area contributed by atoms with Crippen molar-refractivity contribution in [1.29, 1.82) is 0 Å². The van der Waals surface area contributed by atoms with Crippen molar-refractivity contribution in [2.24, 2.45) is 0 Å². The molecular weight excluding hydrogens is 1020 g/mol. The summed E-state index contributed by atoms with van der Waals surface area (Å²) in [5.41, 5.74) is 25.7. The van der Waals surface area contributed by atoms with E-state index in [1.54, 1.807) is 0 Å². The number of hydrogen-bond donors (Lipinski definition) is 0. The first kappa shape index (κ1) is 46.7. The lowest BCUT2D eigenvalue weighted by molar-refractivity contribution is 1.16. The van der Waals surface area contributed by atoms with E-state index < -0.39 is 0 Å². The van der Waals surface area contributed by atoms with E-state index >= 15 is 0 Å². The average molecular weight is 1070 g/mol. The maximum atomic E-state index is 2.54. The zero-order chi connectivity index (χ0) is 55.0. The van der Waals surface area contributed by atoms with Gasteiger partial charge in [0.2, 0.25) is 0 Å². The average Bonchev–Trinajstić information content (AvgIpc) is 2.06. The van der Waals surface area contributed by atoms with Crippen LogP contribution in [0.3, 0.4) is 0 Å². The second-order valence-corrected chi connectivity index (χ2v) is 22.4. The normalized spacial score (nSPS) is 12.7. The molecule has 2 aliphatic rings. The molecule has 6 heteroatoms. The van der Waals surface area contributed by atoms with Crippen LogP contribution in [0.2, 0.25) is 0 Å². The fourth-order valence-corrected chi connectivity index (χ4v) is 14.4.